The molecule has 5 nitrogen and oxygen atoms in total. The maximum absolute atomic E-state index is 13.1. The zero-order valence-electron chi connectivity index (χ0n) is 19.5. The van der Waals surface area contributed by atoms with Crippen LogP contribution >= 0.6 is 0 Å². The van der Waals surface area contributed by atoms with Crippen LogP contribution in [0.25, 0.3) is 0 Å². The zero-order valence-corrected chi connectivity index (χ0v) is 19.5. The van der Waals surface area contributed by atoms with Crippen molar-refractivity contribution >= 4 is 11.8 Å². The average Bonchev–Trinajstić information content (AvgIpc) is 2.68. The molecule has 0 spiro atoms. The molecule has 4 aliphatic rings. The standard InChI is InChI=1S/C23H41N3O2/c1-15(2)17(25(8)9)18(27)26-10-16(21(6,7)14-26)24-19(28)22-11-23(12-22,13-22)20(3,4)5/h15-17H,10-14H2,1-9H3,(H,24,28)/t16?,17-,22?,23?/m1/s1. The lowest BCUT2D eigenvalue weighted by Gasteiger charge is -2.74. The normalized spacial score (nSPS) is 34.8. The number of likely N-dealkylation sites (N-methyl/N-ethyl adjacent to an activating group) is 1. The van der Waals surface area contributed by atoms with E-state index in [0.717, 1.165) is 19.3 Å². The molecule has 3 saturated carbocycles. The Labute approximate surface area is 171 Å². The van der Waals surface area contributed by atoms with E-state index < -0.39 is 0 Å². The fraction of sp³-hybridized carbons (Fsp3) is 0.913. The largest absolute Gasteiger partial charge is 0.350 e. The molecule has 1 unspecified atom stereocenters. The summed E-state index contributed by atoms with van der Waals surface area (Å²) < 4.78 is 0. The van der Waals surface area contributed by atoms with E-state index in [0.29, 0.717) is 18.5 Å². The maximum atomic E-state index is 13.1. The van der Waals surface area contributed by atoms with Crippen LogP contribution in [0.2, 0.25) is 0 Å². The van der Waals surface area contributed by atoms with Gasteiger partial charge in [0, 0.05) is 18.5 Å². The Bertz CT molecular complexity index is 631. The van der Waals surface area contributed by atoms with E-state index in [1.807, 2.05) is 23.9 Å². The molecule has 5 heteroatoms. The molecule has 0 aromatic heterocycles. The number of carbonyl (C=O) groups excluding carboxylic acids is 2. The third kappa shape index (κ3) is 3.18. The molecule has 1 N–H and O–H groups in total. The highest BCUT2D eigenvalue weighted by atomic mass is 16.2. The van der Waals surface area contributed by atoms with Crippen molar-refractivity contribution in [2.45, 2.75) is 79.8 Å². The quantitative estimate of drug-likeness (QED) is 0.783. The van der Waals surface area contributed by atoms with Gasteiger partial charge in [0.2, 0.25) is 11.8 Å². The van der Waals surface area contributed by atoms with Gasteiger partial charge in [-0.3, -0.25) is 14.5 Å². The number of nitrogens with zero attached hydrogens (tertiary/aromatic N) is 2. The average molecular weight is 392 g/mol. The van der Waals surface area contributed by atoms with E-state index >= 15 is 0 Å². The molecular formula is C23H41N3O2. The first-order valence-electron chi connectivity index (χ1n) is 10.9. The Morgan fingerprint density at radius 3 is 2.07 bits per heavy atom. The molecular weight excluding hydrogens is 350 g/mol. The van der Waals surface area contributed by atoms with Crippen molar-refractivity contribution in [3.63, 3.8) is 0 Å². The Balaban J connectivity index is 1.63. The molecule has 4 fully saturated rings. The molecule has 2 amide bonds. The van der Waals surface area contributed by atoms with Gasteiger partial charge in [-0.05, 0) is 50.1 Å². The number of nitrogens with one attached hydrogen (secondary N) is 1. The lowest BCUT2D eigenvalue weighted by molar-refractivity contribution is -0.249. The van der Waals surface area contributed by atoms with Crippen molar-refractivity contribution in [3.8, 4) is 0 Å². The van der Waals surface area contributed by atoms with Gasteiger partial charge in [0.25, 0.3) is 0 Å². The molecule has 160 valence electrons. The molecule has 2 atom stereocenters. The Morgan fingerprint density at radius 2 is 1.64 bits per heavy atom. The van der Waals surface area contributed by atoms with E-state index in [9.17, 15) is 9.59 Å². The van der Waals surface area contributed by atoms with Crippen LogP contribution < -0.4 is 5.32 Å². The van der Waals surface area contributed by atoms with Gasteiger partial charge >= 0.3 is 0 Å². The third-order valence-corrected chi connectivity index (χ3v) is 8.11. The smallest absolute Gasteiger partial charge is 0.240 e. The zero-order chi connectivity index (χ0) is 21.3. The van der Waals surface area contributed by atoms with Crippen LogP contribution in [0.1, 0.15) is 67.7 Å². The number of hydrogen-bond donors (Lipinski definition) is 1. The van der Waals surface area contributed by atoms with Gasteiger partial charge in [0.15, 0.2) is 0 Å². The van der Waals surface area contributed by atoms with Gasteiger partial charge in [0.05, 0.1) is 17.5 Å². The highest BCUT2D eigenvalue weighted by Crippen LogP contribution is 2.79. The molecule has 28 heavy (non-hydrogen) atoms. The molecule has 2 bridgehead atoms. The van der Waals surface area contributed by atoms with Crippen molar-refractivity contribution in [1.29, 1.82) is 0 Å². The van der Waals surface area contributed by atoms with Gasteiger partial charge in [-0.15, -0.1) is 0 Å². The first kappa shape index (κ1) is 21.6. The summed E-state index contributed by atoms with van der Waals surface area (Å²) in [7, 11) is 3.94. The van der Waals surface area contributed by atoms with Crippen molar-refractivity contribution in [1.82, 2.24) is 15.1 Å². The Morgan fingerprint density at radius 1 is 1.11 bits per heavy atom. The number of amides is 2. The monoisotopic (exact) mass is 391 g/mol. The molecule has 1 heterocycles. The summed E-state index contributed by atoms with van der Waals surface area (Å²) in [5.74, 6) is 0.662. The summed E-state index contributed by atoms with van der Waals surface area (Å²) in [5.41, 5.74) is 0.409. The van der Waals surface area contributed by atoms with Crippen molar-refractivity contribution in [3.05, 3.63) is 0 Å². The van der Waals surface area contributed by atoms with Gasteiger partial charge in [-0.25, -0.2) is 0 Å². The number of likely N-dealkylation sites (tertiary alicyclic amines) is 1. The van der Waals surface area contributed by atoms with Gasteiger partial charge < -0.3 is 10.2 Å². The van der Waals surface area contributed by atoms with E-state index in [2.05, 4.69) is 53.8 Å². The maximum Gasteiger partial charge on any atom is 0.240 e. The summed E-state index contributed by atoms with van der Waals surface area (Å²) in [4.78, 5) is 30.2. The molecule has 1 aliphatic heterocycles. The molecule has 4 rings (SSSR count). The molecule has 3 aliphatic carbocycles. The minimum atomic E-state index is -0.134. The lowest BCUT2D eigenvalue weighted by Crippen LogP contribution is -2.72. The topological polar surface area (TPSA) is 52.7 Å². The highest BCUT2D eigenvalue weighted by Gasteiger charge is 2.74. The van der Waals surface area contributed by atoms with E-state index in [1.165, 1.54) is 0 Å². The first-order valence-corrected chi connectivity index (χ1v) is 10.9. The molecule has 0 aromatic carbocycles. The van der Waals surface area contributed by atoms with Crippen LogP contribution in [0.15, 0.2) is 0 Å². The van der Waals surface area contributed by atoms with Crippen LogP contribution in [-0.4, -0.2) is 60.9 Å². The van der Waals surface area contributed by atoms with Crippen LogP contribution in [0.4, 0.5) is 0 Å². The van der Waals surface area contributed by atoms with Crippen molar-refractivity contribution < 1.29 is 9.59 Å². The third-order valence-electron chi connectivity index (χ3n) is 8.11. The summed E-state index contributed by atoms with van der Waals surface area (Å²) in [5, 5.41) is 3.35. The van der Waals surface area contributed by atoms with Gasteiger partial charge in [-0.1, -0.05) is 48.5 Å². The van der Waals surface area contributed by atoms with Crippen molar-refractivity contribution in [2.24, 2.45) is 27.6 Å². The molecule has 0 radical (unpaired) electrons. The van der Waals surface area contributed by atoms with Gasteiger partial charge in [-0.2, -0.15) is 0 Å². The summed E-state index contributed by atoms with van der Waals surface area (Å²) in [6.45, 7) is 16.7. The number of hydrogen-bond acceptors (Lipinski definition) is 3. The first-order chi connectivity index (χ1) is 12.6. The fourth-order valence-corrected chi connectivity index (χ4v) is 5.97. The minimum absolute atomic E-state index is 0.0264. The van der Waals surface area contributed by atoms with E-state index in [-0.39, 0.29) is 46.1 Å². The van der Waals surface area contributed by atoms with E-state index in [1.54, 1.807) is 0 Å². The van der Waals surface area contributed by atoms with Crippen LogP contribution in [0.5, 0.6) is 0 Å². The molecule has 1 saturated heterocycles. The van der Waals surface area contributed by atoms with E-state index in [4.69, 9.17) is 0 Å². The number of carbonyl (C=O) groups is 2. The second kappa shape index (κ2) is 6.45. The second-order valence-corrected chi connectivity index (χ2v) is 12.2. The predicted octanol–water partition coefficient (Wildman–Crippen LogP) is 3.14. The fourth-order valence-electron chi connectivity index (χ4n) is 5.97. The van der Waals surface area contributed by atoms with Crippen LogP contribution in [-0.2, 0) is 9.59 Å². The summed E-state index contributed by atoms with van der Waals surface area (Å²) in [6.07, 6.45) is 3.09. The van der Waals surface area contributed by atoms with Gasteiger partial charge in [0.1, 0.15) is 0 Å². The SMILES string of the molecule is CC(C)[C@H](C(=O)N1CC(NC(=O)C23CC(C(C)(C)C)(C2)C3)C(C)(C)C1)N(C)C. The summed E-state index contributed by atoms with van der Waals surface area (Å²) >= 11 is 0. The summed E-state index contributed by atoms with van der Waals surface area (Å²) in [6, 6.07) is -0.0898. The minimum Gasteiger partial charge on any atom is -0.350 e. The Hall–Kier alpha value is -1.10. The second-order valence-electron chi connectivity index (χ2n) is 12.2. The number of rotatable bonds is 5. The Kier molecular flexibility index (Phi) is 4.98. The van der Waals surface area contributed by atoms with Crippen molar-refractivity contribution in [2.75, 3.05) is 27.2 Å². The van der Waals surface area contributed by atoms with Crippen LogP contribution in [0, 0.1) is 27.6 Å². The molecule has 0 aromatic rings. The highest BCUT2D eigenvalue weighted by molar-refractivity contribution is 5.87. The van der Waals surface area contributed by atoms with Crippen LogP contribution in [0.3, 0.4) is 0 Å². The predicted molar refractivity (Wildman–Crippen MR) is 113 cm³/mol. The lowest BCUT2D eigenvalue weighted by atomic mass is 9.29.